The molecule has 15 heavy (non-hydrogen) atoms. The zero-order valence-electron chi connectivity index (χ0n) is 7.30. The topological polar surface area (TPSA) is 63.3 Å². The SMILES string of the molecule is N/C(=C/c1ccc(F)c(F)c1F)C(=O)O. The van der Waals surface area contributed by atoms with Gasteiger partial charge in [-0.2, -0.15) is 0 Å². The number of hydrogen-bond donors (Lipinski definition) is 2. The minimum Gasteiger partial charge on any atom is -0.477 e. The third-order valence-corrected chi connectivity index (χ3v) is 1.62. The van der Waals surface area contributed by atoms with E-state index < -0.39 is 34.7 Å². The fourth-order valence-corrected chi connectivity index (χ4v) is 0.882. The fourth-order valence-electron chi connectivity index (χ4n) is 0.882. The second-order valence-corrected chi connectivity index (χ2v) is 2.67. The molecule has 3 nitrogen and oxygen atoms in total. The summed E-state index contributed by atoms with van der Waals surface area (Å²) in [6.07, 6.45) is 0.709. The monoisotopic (exact) mass is 217 g/mol. The molecule has 1 aromatic rings. The van der Waals surface area contributed by atoms with Crippen molar-refractivity contribution in [3.63, 3.8) is 0 Å². The fraction of sp³-hybridized carbons (Fsp3) is 0. The van der Waals surface area contributed by atoms with Crippen molar-refractivity contribution in [2.45, 2.75) is 0 Å². The highest BCUT2D eigenvalue weighted by Gasteiger charge is 2.13. The predicted molar refractivity (Wildman–Crippen MR) is 46.1 cm³/mol. The van der Waals surface area contributed by atoms with Gasteiger partial charge < -0.3 is 10.8 Å². The van der Waals surface area contributed by atoms with Crippen molar-refractivity contribution < 1.29 is 23.1 Å². The molecular formula is C9H6F3NO2. The van der Waals surface area contributed by atoms with Crippen molar-refractivity contribution >= 4 is 12.0 Å². The maximum Gasteiger partial charge on any atom is 0.351 e. The van der Waals surface area contributed by atoms with E-state index in [-0.39, 0.29) is 0 Å². The van der Waals surface area contributed by atoms with Crippen LogP contribution in [0.5, 0.6) is 0 Å². The summed E-state index contributed by atoms with van der Waals surface area (Å²) in [6, 6.07) is 1.57. The van der Waals surface area contributed by atoms with Gasteiger partial charge >= 0.3 is 5.97 Å². The first-order chi connectivity index (χ1) is 6.93. The zero-order chi connectivity index (χ0) is 11.6. The van der Waals surface area contributed by atoms with Crippen LogP contribution in [-0.4, -0.2) is 11.1 Å². The molecule has 1 aromatic carbocycles. The van der Waals surface area contributed by atoms with Gasteiger partial charge in [0.15, 0.2) is 17.5 Å². The van der Waals surface area contributed by atoms with Crippen LogP contribution in [0.3, 0.4) is 0 Å². The highest BCUT2D eigenvalue weighted by Crippen LogP contribution is 2.16. The molecule has 0 amide bonds. The van der Waals surface area contributed by atoms with Crippen LogP contribution < -0.4 is 5.73 Å². The molecule has 1 rings (SSSR count). The molecule has 0 aliphatic heterocycles. The van der Waals surface area contributed by atoms with Gasteiger partial charge in [-0.3, -0.25) is 0 Å². The van der Waals surface area contributed by atoms with Gasteiger partial charge in [0.05, 0.1) is 0 Å². The van der Waals surface area contributed by atoms with Crippen LogP contribution in [0.1, 0.15) is 5.56 Å². The number of hydrogen-bond acceptors (Lipinski definition) is 2. The van der Waals surface area contributed by atoms with Gasteiger partial charge in [0.1, 0.15) is 5.70 Å². The Morgan fingerprint density at radius 2 is 1.87 bits per heavy atom. The molecule has 0 radical (unpaired) electrons. The van der Waals surface area contributed by atoms with Crippen molar-refractivity contribution in [1.82, 2.24) is 0 Å². The molecule has 0 aliphatic carbocycles. The largest absolute Gasteiger partial charge is 0.477 e. The molecule has 0 aromatic heterocycles. The normalized spacial score (nSPS) is 11.5. The van der Waals surface area contributed by atoms with Gasteiger partial charge in [0.2, 0.25) is 0 Å². The van der Waals surface area contributed by atoms with E-state index >= 15 is 0 Å². The van der Waals surface area contributed by atoms with E-state index in [0.29, 0.717) is 12.1 Å². The lowest BCUT2D eigenvalue weighted by molar-refractivity contribution is -0.132. The molecular weight excluding hydrogens is 211 g/mol. The molecule has 80 valence electrons. The van der Waals surface area contributed by atoms with Gasteiger partial charge in [-0.1, -0.05) is 0 Å². The molecule has 0 heterocycles. The van der Waals surface area contributed by atoms with E-state index in [1.165, 1.54) is 0 Å². The lowest BCUT2D eigenvalue weighted by Crippen LogP contribution is -2.09. The first-order valence-corrected chi connectivity index (χ1v) is 3.77. The van der Waals surface area contributed by atoms with Crippen LogP contribution in [0.4, 0.5) is 13.2 Å². The lowest BCUT2D eigenvalue weighted by Gasteiger charge is -2.00. The lowest BCUT2D eigenvalue weighted by atomic mass is 10.1. The quantitative estimate of drug-likeness (QED) is 0.582. The Morgan fingerprint density at radius 1 is 1.27 bits per heavy atom. The molecule has 0 bridgehead atoms. The van der Waals surface area contributed by atoms with E-state index in [2.05, 4.69) is 0 Å². The van der Waals surface area contributed by atoms with Gasteiger partial charge in [-0.15, -0.1) is 0 Å². The molecule has 0 fully saturated rings. The first-order valence-electron chi connectivity index (χ1n) is 3.77. The summed E-state index contributed by atoms with van der Waals surface area (Å²) in [5.74, 6) is -5.96. The Bertz CT molecular complexity index is 443. The average Bonchev–Trinajstić information content (AvgIpc) is 2.18. The summed E-state index contributed by atoms with van der Waals surface area (Å²) >= 11 is 0. The Labute approximate surface area is 82.6 Å². The first kappa shape index (κ1) is 11.1. The van der Waals surface area contributed by atoms with Crippen LogP contribution in [0.25, 0.3) is 6.08 Å². The summed E-state index contributed by atoms with van der Waals surface area (Å²) in [7, 11) is 0. The van der Waals surface area contributed by atoms with Crippen LogP contribution in [0.15, 0.2) is 17.8 Å². The summed E-state index contributed by atoms with van der Waals surface area (Å²) in [4.78, 5) is 10.3. The van der Waals surface area contributed by atoms with Crippen molar-refractivity contribution in [2.75, 3.05) is 0 Å². The smallest absolute Gasteiger partial charge is 0.351 e. The number of rotatable bonds is 2. The van der Waals surface area contributed by atoms with Crippen LogP contribution in [-0.2, 0) is 4.79 Å². The van der Waals surface area contributed by atoms with Crippen molar-refractivity contribution in [3.05, 3.63) is 40.8 Å². The maximum absolute atomic E-state index is 13.0. The number of halogens is 3. The highest BCUT2D eigenvalue weighted by atomic mass is 19.2. The van der Waals surface area contributed by atoms with E-state index in [0.717, 1.165) is 6.07 Å². The Balaban J connectivity index is 3.23. The third-order valence-electron chi connectivity index (χ3n) is 1.62. The van der Waals surface area contributed by atoms with Gasteiger partial charge in [-0.05, 0) is 18.2 Å². The van der Waals surface area contributed by atoms with Gasteiger partial charge in [-0.25, -0.2) is 18.0 Å². The summed E-state index contributed by atoms with van der Waals surface area (Å²) in [5.41, 5.74) is 3.90. The van der Waals surface area contributed by atoms with Crippen LogP contribution in [0.2, 0.25) is 0 Å². The van der Waals surface area contributed by atoms with Crippen LogP contribution in [0, 0.1) is 17.5 Å². The number of benzene rings is 1. The Hall–Kier alpha value is -1.98. The number of nitrogens with two attached hydrogens (primary N) is 1. The van der Waals surface area contributed by atoms with Crippen molar-refractivity contribution in [3.8, 4) is 0 Å². The third kappa shape index (κ3) is 2.28. The average molecular weight is 217 g/mol. The maximum atomic E-state index is 13.0. The number of aliphatic carboxylic acids is 1. The minimum atomic E-state index is -1.66. The molecule has 3 N–H and O–H groups in total. The van der Waals surface area contributed by atoms with Crippen molar-refractivity contribution in [1.29, 1.82) is 0 Å². The molecule has 0 unspecified atom stereocenters. The van der Waals surface area contributed by atoms with Crippen LogP contribution >= 0.6 is 0 Å². The van der Waals surface area contributed by atoms with E-state index in [9.17, 15) is 18.0 Å². The Kier molecular flexibility index (Phi) is 2.99. The number of carboxylic acid groups (broad SMARTS) is 1. The van der Waals surface area contributed by atoms with Gasteiger partial charge in [0, 0.05) is 5.56 Å². The zero-order valence-corrected chi connectivity index (χ0v) is 7.30. The second-order valence-electron chi connectivity index (χ2n) is 2.67. The Morgan fingerprint density at radius 3 is 2.40 bits per heavy atom. The molecule has 0 saturated carbocycles. The molecule has 0 aliphatic rings. The number of carbonyl (C=O) groups is 1. The summed E-state index contributed by atoms with van der Waals surface area (Å²) in [6.45, 7) is 0. The minimum absolute atomic E-state index is 0.422. The van der Waals surface area contributed by atoms with Crippen molar-refractivity contribution in [2.24, 2.45) is 5.73 Å². The number of carboxylic acids is 1. The molecule has 0 atom stereocenters. The molecule has 0 saturated heterocycles. The van der Waals surface area contributed by atoms with E-state index in [1.54, 1.807) is 0 Å². The van der Waals surface area contributed by atoms with Gasteiger partial charge in [0.25, 0.3) is 0 Å². The summed E-state index contributed by atoms with van der Waals surface area (Å²) < 4.78 is 38.1. The van der Waals surface area contributed by atoms with E-state index in [4.69, 9.17) is 10.8 Å². The highest BCUT2D eigenvalue weighted by molar-refractivity contribution is 5.90. The predicted octanol–water partition coefficient (Wildman–Crippen LogP) is 1.49. The van der Waals surface area contributed by atoms with E-state index in [1.807, 2.05) is 0 Å². The summed E-state index contributed by atoms with van der Waals surface area (Å²) in [5, 5.41) is 8.37. The second kappa shape index (κ2) is 4.04. The standard InChI is InChI=1S/C9H6F3NO2/c10-5-2-1-4(7(11)8(5)12)3-6(13)9(14)15/h1-3H,13H2,(H,14,15)/b6-3+. The molecule has 0 spiro atoms. The molecule has 6 heteroatoms.